The Labute approximate surface area is 125 Å². The average Bonchev–Trinajstić information content (AvgIpc) is 2.42. The Kier molecular flexibility index (Phi) is 7.86. The molecule has 0 aliphatic carbocycles. The summed E-state index contributed by atoms with van der Waals surface area (Å²) in [7, 11) is 0. The van der Waals surface area contributed by atoms with Gasteiger partial charge in [0, 0.05) is 25.2 Å². The molecular weight excluding hydrogens is 244 g/mol. The molecule has 2 nitrogen and oxygen atoms in total. The highest BCUT2D eigenvalue weighted by Gasteiger charge is 2.19. The number of nitrogens with zero attached hydrogens (tertiary/aromatic N) is 1. The lowest BCUT2D eigenvalue weighted by atomic mass is 10.1. The highest BCUT2D eigenvalue weighted by molar-refractivity contribution is 5.14. The molecule has 0 fully saturated rings. The second kappa shape index (κ2) is 9.15. The van der Waals surface area contributed by atoms with Crippen LogP contribution in [0.3, 0.4) is 0 Å². The third-order valence-corrected chi connectivity index (χ3v) is 3.74. The summed E-state index contributed by atoms with van der Waals surface area (Å²) in [5.41, 5.74) is 1.41. The number of nitrogens with one attached hydrogen (secondary N) is 1. The Morgan fingerprint density at radius 3 is 2.15 bits per heavy atom. The van der Waals surface area contributed by atoms with Crippen molar-refractivity contribution in [2.45, 2.75) is 59.7 Å². The third kappa shape index (κ3) is 6.06. The van der Waals surface area contributed by atoms with Crippen molar-refractivity contribution in [3.63, 3.8) is 0 Å². The molecule has 0 bridgehead atoms. The van der Waals surface area contributed by atoms with Gasteiger partial charge in [0.05, 0.1) is 0 Å². The molecule has 0 saturated carbocycles. The zero-order valence-corrected chi connectivity index (χ0v) is 13.9. The molecular formula is C18H32N2. The van der Waals surface area contributed by atoms with Gasteiger partial charge >= 0.3 is 0 Å². The highest BCUT2D eigenvalue weighted by atomic mass is 15.2. The van der Waals surface area contributed by atoms with E-state index in [-0.39, 0.29) is 0 Å². The van der Waals surface area contributed by atoms with Crippen LogP contribution in [-0.2, 0) is 6.54 Å². The van der Waals surface area contributed by atoms with E-state index in [9.17, 15) is 0 Å². The first-order valence-corrected chi connectivity index (χ1v) is 8.05. The second-order valence-corrected chi connectivity index (χ2v) is 6.37. The van der Waals surface area contributed by atoms with E-state index in [4.69, 9.17) is 0 Å². The van der Waals surface area contributed by atoms with Crippen LogP contribution in [0.25, 0.3) is 0 Å². The molecule has 114 valence electrons. The fraction of sp³-hybridized carbons (Fsp3) is 0.667. The lowest BCUT2D eigenvalue weighted by Crippen LogP contribution is -2.45. The molecule has 20 heavy (non-hydrogen) atoms. The summed E-state index contributed by atoms with van der Waals surface area (Å²) < 4.78 is 0. The highest BCUT2D eigenvalue weighted by Crippen LogP contribution is 2.14. The van der Waals surface area contributed by atoms with E-state index < -0.39 is 0 Å². The Hall–Kier alpha value is -0.860. The van der Waals surface area contributed by atoms with Crippen molar-refractivity contribution >= 4 is 0 Å². The van der Waals surface area contributed by atoms with E-state index in [1.54, 1.807) is 0 Å². The van der Waals surface area contributed by atoms with Crippen molar-refractivity contribution in [2.75, 3.05) is 13.1 Å². The van der Waals surface area contributed by atoms with Gasteiger partial charge < -0.3 is 5.32 Å². The average molecular weight is 276 g/mol. The van der Waals surface area contributed by atoms with Gasteiger partial charge in [0.15, 0.2) is 0 Å². The van der Waals surface area contributed by atoms with Crippen molar-refractivity contribution in [3.05, 3.63) is 35.9 Å². The normalized spacial score (nSPS) is 13.4. The maximum absolute atomic E-state index is 3.62. The molecule has 0 aliphatic heterocycles. The van der Waals surface area contributed by atoms with Gasteiger partial charge in [-0.1, -0.05) is 51.1 Å². The topological polar surface area (TPSA) is 15.3 Å². The predicted octanol–water partition coefficient (Wildman–Crippen LogP) is 3.92. The van der Waals surface area contributed by atoms with Gasteiger partial charge in [-0.15, -0.1) is 0 Å². The van der Waals surface area contributed by atoms with E-state index in [0.29, 0.717) is 18.0 Å². The lowest BCUT2D eigenvalue weighted by molar-refractivity contribution is 0.136. The van der Waals surface area contributed by atoms with E-state index in [0.717, 1.165) is 19.6 Å². The van der Waals surface area contributed by atoms with E-state index in [2.05, 4.69) is 75.2 Å². The van der Waals surface area contributed by atoms with Gasteiger partial charge in [0.2, 0.25) is 0 Å². The van der Waals surface area contributed by atoms with E-state index >= 15 is 0 Å². The molecule has 1 N–H and O–H groups in total. The SMILES string of the molecule is CCC(CNCC(C)C)N(Cc1ccccc1)C(C)C. The van der Waals surface area contributed by atoms with Gasteiger partial charge in [0.1, 0.15) is 0 Å². The van der Waals surface area contributed by atoms with Crippen LogP contribution in [0.4, 0.5) is 0 Å². The molecule has 2 heteroatoms. The molecule has 0 amide bonds. The molecule has 0 aliphatic rings. The predicted molar refractivity (Wildman–Crippen MR) is 88.9 cm³/mol. The summed E-state index contributed by atoms with van der Waals surface area (Å²) in [6, 6.07) is 12.0. The Morgan fingerprint density at radius 1 is 1.00 bits per heavy atom. The zero-order chi connectivity index (χ0) is 15.0. The monoisotopic (exact) mass is 276 g/mol. The number of hydrogen-bond donors (Lipinski definition) is 1. The summed E-state index contributed by atoms with van der Waals surface area (Å²) >= 11 is 0. The van der Waals surface area contributed by atoms with Crippen LogP contribution in [0.5, 0.6) is 0 Å². The van der Waals surface area contributed by atoms with Gasteiger partial charge in [0.25, 0.3) is 0 Å². The molecule has 0 radical (unpaired) electrons. The minimum atomic E-state index is 0.570. The van der Waals surface area contributed by atoms with Crippen LogP contribution in [0.15, 0.2) is 30.3 Å². The molecule has 1 aromatic carbocycles. The summed E-state index contributed by atoms with van der Waals surface area (Å²) in [5.74, 6) is 0.717. The molecule has 1 unspecified atom stereocenters. The Morgan fingerprint density at radius 2 is 1.65 bits per heavy atom. The van der Waals surface area contributed by atoms with Crippen LogP contribution in [0, 0.1) is 5.92 Å². The number of rotatable bonds is 9. The molecule has 0 aromatic heterocycles. The summed E-state index contributed by atoms with van der Waals surface area (Å²) in [5, 5.41) is 3.62. The number of benzene rings is 1. The maximum atomic E-state index is 3.62. The van der Waals surface area contributed by atoms with Crippen molar-refractivity contribution in [1.82, 2.24) is 10.2 Å². The summed E-state index contributed by atoms with van der Waals surface area (Å²) in [6.45, 7) is 14.6. The largest absolute Gasteiger partial charge is 0.315 e. The van der Waals surface area contributed by atoms with Crippen molar-refractivity contribution in [3.8, 4) is 0 Å². The van der Waals surface area contributed by atoms with Gasteiger partial charge in [-0.2, -0.15) is 0 Å². The molecule has 0 saturated heterocycles. The van der Waals surface area contributed by atoms with Crippen LogP contribution >= 0.6 is 0 Å². The molecule has 1 atom stereocenters. The van der Waals surface area contributed by atoms with E-state index in [1.807, 2.05) is 0 Å². The van der Waals surface area contributed by atoms with Crippen LogP contribution in [0.2, 0.25) is 0 Å². The Balaban J connectivity index is 2.62. The fourth-order valence-electron chi connectivity index (χ4n) is 2.56. The van der Waals surface area contributed by atoms with Crippen molar-refractivity contribution < 1.29 is 0 Å². The van der Waals surface area contributed by atoms with Crippen LogP contribution < -0.4 is 5.32 Å². The minimum Gasteiger partial charge on any atom is -0.315 e. The van der Waals surface area contributed by atoms with Gasteiger partial charge in [-0.25, -0.2) is 0 Å². The fourth-order valence-corrected chi connectivity index (χ4v) is 2.56. The van der Waals surface area contributed by atoms with Crippen LogP contribution in [-0.4, -0.2) is 30.1 Å². The first-order valence-electron chi connectivity index (χ1n) is 8.05. The van der Waals surface area contributed by atoms with E-state index in [1.165, 1.54) is 12.0 Å². The minimum absolute atomic E-state index is 0.570. The quantitative estimate of drug-likeness (QED) is 0.735. The van der Waals surface area contributed by atoms with Crippen molar-refractivity contribution in [2.24, 2.45) is 5.92 Å². The molecule has 0 spiro atoms. The molecule has 1 rings (SSSR count). The summed E-state index contributed by atoms with van der Waals surface area (Å²) in [6.07, 6.45) is 1.19. The standard InChI is InChI=1S/C18H32N2/c1-6-18(13-19-12-15(2)3)20(16(4)5)14-17-10-8-7-9-11-17/h7-11,15-16,18-19H,6,12-14H2,1-5H3. The molecule has 0 heterocycles. The zero-order valence-electron chi connectivity index (χ0n) is 13.9. The van der Waals surface area contributed by atoms with Crippen molar-refractivity contribution in [1.29, 1.82) is 0 Å². The first-order chi connectivity index (χ1) is 9.54. The smallest absolute Gasteiger partial charge is 0.0239 e. The molecule has 1 aromatic rings. The number of hydrogen-bond acceptors (Lipinski definition) is 2. The van der Waals surface area contributed by atoms with Gasteiger partial charge in [-0.05, 0) is 38.3 Å². The lowest BCUT2D eigenvalue weighted by Gasteiger charge is -2.35. The summed E-state index contributed by atoms with van der Waals surface area (Å²) in [4.78, 5) is 2.61. The maximum Gasteiger partial charge on any atom is 0.0239 e. The Bertz CT molecular complexity index is 346. The third-order valence-electron chi connectivity index (χ3n) is 3.74. The first kappa shape index (κ1) is 17.2. The second-order valence-electron chi connectivity index (χ2n) is 6.37. The van der Waals surface area contributed by atoms with Crippen LogP contribution in [0.1, 0.15) is 46.6 Å². The van der Waals surface area contributed by atoms with Gasteiger partial charge in [-0.3, -0.25) is 4.90 Å².